The van der Waals surface area contributed by atoms with Crippen LogP contribution in [0.25, 0.3) is 6.08 Å². The average molecular weight is 460 g/mol. The van der Waals surface area contributed by atoms with Gasteiger partial charge in [0, 0.05) is 5.69 Å². The third-order valence-electron chi connectivity index (χ3n) is 4.94. The summed E-state index contributed by atoms with van der Waals surface area (Å²) in [6, 6.07) is 17.4. The zero-order valence-corrected chi connectivity index (χ0v) is 18.0. The second-order valence-electron chi connectivity index (χ2n) is 7.16. The van der Waals surface area contributed by atoms with E-state index < -0.39 is 17.8 Å². The number of carboxylic acid groups (broad SMARTS) is 1. The molecule has 1 aliphatic rings. The number of para-hydroxylation sites is 1. The fraction of sp³-hybridized carbons (Fsp3) is 0.0800. The standard InChI is InChI=1S/C25H20N2O7/c1-32-20-5-3-2-4-18(20)23(28)27-19(12-15-6-11-21-22(13-15)34-14-33-21)24(29)26-17-9-7-16(8-10-17)25(30)31/h2-13H,14H2,1H3,(H,26,29)(H,27,28)(H,30,31)/b19-12+. The van der Waals surface area contributed by atoms with Gasteiger partial charge in [0.2, 0.25) is 6.79 Å². The van der Waals surface area contributed by atoms with E-state index in [1.54, 1.807) is 42.5 Å². The number of ether oxygens (including phenoxy) is 3. The number of amides is 2. The van der Waals surface area contributed by atoms with Crippen molar-refractivity contribution >= 4 is 29.5 Å². The summed E-state index contributed by atoms with van der Waals surface area (Å²) in [7, 11) is 1.45. The zero-order chi connectivity index (χ0) is 24.1. The molecule has 3 N–H and O–H groups in total. The second-order valence-corrected chi connectivity index (χ2v) is 7.16. The number of anilines is 1. The van der Waals surface area contributed by atoms with Crippen molar-refractivity contribution in [1.82, 2.24) is 5.32 Å². The number of aromatic carboxylic acids is 1. The van der Waals surface area contributed by atoms with Crippen LogP contribution >= 0.6 is 0 Å². The van der Waals surface area contributed by atoms with E-state index in [1.807, 2.05) is 0 Å². The molecule has 0 fully saturated rings. The quantitative estimate of drug-likeness (QED) is 0.461. The molecule has 0 saturated heterocycles. The maximum atomic E-state index is 13.1. The summed E-state index contributed by atoms with van der Waals surface area (Å²) in [6.07, 6.45) is 1.50. The maximum Gasteiger partial charge on any atom is 0.335 e. The molecule has 3 aromatic rings. The minimum absolute atomic E-state index is 0.0444. The van der Waals surface area contributed by atoms with Crippen LogP contribution in [0, 0.1) is 0 Å². The molecule has 34 heavy (non-hydrogen) atoms. The predicted octanol–water partition coefficient (Wildman–Crippen LogP) is 3.53. The fourth-order valence-corrected chi connectivity index (χ4v) is 3.24. The third-order valence-corrected chi connectivity index (χ3v) is 4.94. The first-order valence-corrected chi connectivity index (χ1v) is 10.1. The normalized spacial score (nSPS) is 12.1. The molecule has 1 heterocycles. The Kier molecular flexibility index (Phi) is 6.45. The van der Waals surface area contributed by atoms with Gasteiger partial charge in [0.25, 0.3) is 11.8 Å². The molecule has 4 rings (SSSR count). The van der Waals surface area contributed by atoms with Gasteiger partial charge in [-0.15, -0.1) is 0 Å². The van der Waals surface area contributed by atoms with Crippen LogP contribution in [-0.2, 0) is 4.79 Å². The molecule has 0 saturated carbocycles. The zero-order valence-electron chi connectivity index (χ0n) is 18.0. The van der Waals surface area contributed by atoms with Crippen molar-refractivity contribution in [3.63, 3.8) is 0 Å². The lowest BCUT2D eigenvalue weighted by Crippen LogP contribution is -2.31. The molecule has 0 spiro atoms. The summed E-state index contributed by atoms with van der Waals surface area (Å²) in [5, 5.41) is 14.4. The van der Waals surface area contributed by atoms with Crippen LogP contribution in [0.3, 0.4) is 0 Å². The Bertz CT molecular complexity index is 1280. The molecule has 0 aromatic heterocycles. The second kappa shape index (κ2) is 9.78. The molecule has 3 aromatic carbocycles. The maximum absolute atomic E-state index is 13.1. The van der Waals surface area contributed by atoms with Crippen molar-refractivity contribution < 1.29 is 33.7 Å². The van der Waals surface area contributed by atoms with Crippen molar-refractivity contribution in [3.05, 3.63) is 89.1 Å². The van der Waals surface area contributed by atoms with Crippen molar-refractivity contribution in [2.45, 2.75) is 0 Å². The molecule has 1 aliphatic heterocycles. The summed E-state index contributed by atoms with van der Waals surface area (Å²) in [5.74, 6) is -0.768. The van der Waals surface area contributed by atoms with E-state index in [1.165, 1.54) is 37.5 Å². The number of methoxy groups -OCH3 is 1. The number of carboxylic acids is 1. The lowest BCUT2D eigenvalue weighted by atomic mass is 10.1. The molecular weight excluding hydrogens is 440 g/mol. The molecule has 0 aliphatic carbocycles. The minimum atomic E-state index is -1.08. The Balaban J connectivity index is 1.63. The van der Waals surface area contributed by atoms with Crippen LogP contribution in [-0.4, -0.2) is 36.8 Å². The molecule has 0 atom stereocenters. The van der Waals surface area contributed by atoms with E-state index in [4.69, 9.17) is 19.3 Å². The Morgan fingerprint density at radius 1 is 0.971 bits per heavy atom. The summed E-state index contributed by atoms with van der Waals surface area (Å²) < 4.78 is 15.9. The van der Waals surface area contributed by atoms with E-state index in [9.17, 15) is 14.4 Å². The van der Waals surface area contributed by atoms with Gasteiger partial charge < -0.3 is 30.0 Å². The predicted molar refractivity (Wildman–Crippen MR) is 123 cm³/mol. The average Bonchev–Trinajstić information content (AvgIpc) is 3.31. The molecule has 0 radical (unpaired) electrons. The van der Waals surface area contributed by atoms with Crippen LogP contribution in [0.5, 0.6) is 17.2 Å². The Hall–Kier alpha value is -4.79. The van der Waals surface area contributed by atoms with Crippen LogP contribution in [0.1, 0.15) is 26.3 Å². The van der Waals surface area contributed by atoms with Crippen LogP contribution in [0.2, 0.25) is 0 Å². The number of benzene rings is 3. The number of nitrogens with one attached hydrogen (secondary N) is 2. The number of rotatable bonds is 7. The van der Waals surface area contributed by atoms with Gasteiger partial charge in [-0.3, -0.25) is 9.59 Å². The topological polar surface area (TPSA) is 123 Å². The van der Waals surface area contributed by atoms with Crippen molar-refractivity contribution in [2.24, 2.45) is 0 Å². The monoisotopic (exact) mass is 460 g/mol. The van der Waals surface area contributed by atoms with Gasteiger partial charge in [-0.05, 0) is 60.2 Å². The minimum Gasteiger partial charge on any atom is -0.496 e. The number of hydrogen-bond acceptors (Lipinski definition) is 6. The van der Waals surface area contributed by atoms with Gasteiger partial charge in [0.05, 0.1) is 18.2 Å². The van der Waals surface area contributed by atoms with Crippen molar-refractivity contribution in [2.75, 3.05) is 19.2 Å². The largest absolute Gasteiger partial charge is 0.496 e. The SMILES string of the molecule is COc1ccccc1C(=O)N/C(=C/c1ccc2c(c1)OCO2)C(=O)Nc1ccc(C(=O)O)cc1. The van der Waals surface area contributed by atoms with E-state index in [0.29, 0.717) is 28.5 Å². The highest BCUT2D eigenvalue weighted by atomic mass is 16.7. The van der Waals surface area contributed by atoms with Gasteiger partial charge in [0.15, 0.2) is 11.5 Å². The highest BCUT2D eigenvalue weighted by molar-refractivity contribution is 6.11. The first kappa shape index (κ1) is 22.4. The van der Waals surface area contributed by atoms with E-state index in [-0.39, 0.29) is 23.6 Å². The van der Waals surface area contributed by atoms with E-state index >= 15 is 0 Å². The number of fused-ring (bicyclic) bond motifs is 1. The van der Waals surface area contributed by atoms with Crippen LogP contribution < -0.4 is 24.8 Å². The summed E-state index contributed by atoms with van der Waals surface area (Å²) >= 11 is 0. The molecule has 9 nitrogen and oxygen atoms in total. The van der Waals surface area contributed by atoms with Crippen LogP contribution in [0.4, 0.5) is 5.69 Å². The van der Waals surface area contributed by atoms with Crippen LogP contribution in [0.15, 0.2) is 72.4 Å². The number of carbonyl (C=O) groups is 3. The van der Waals surface area contributed by atoms with Crippen molar-refractivity contribution in [1.29, 1.82) is 0 Å². The highest BCUT2D eigenvalue weighted by Gasteiger charge is 2.19. The molecule has 0 bridgehead atoms. The number of carbonyl (C=O) groups excluding carboxylic acids is 2. The Labute approximate surface area is 194 Å². The Morgan fingerprint density at radius 3 is 2.44 bits per heavy atom. The molecular formula is C25H20N2O7. The molecule has 9 heteroatoms. The Morgan fingerprint density at radius 2 is 1.71 bits per heavy atom. The molecule has 0 unspecified atom stereocenters. The first-order chi connectivity index (χ1) is 16.4. The number of hydrogen-bond donors (Lipinski definition) is 3. The summed E-state index contributed by atoms with van der Waals surface area (Å²) in [4.78, 5) is 37.1. The van der Waals surface area contributed by atoms with Crippen molar-refractivity contribution in [3.8, 4) is 17.2 Å². The molecule has 172 valence electrons. The van der Waals surface area contributed by atoms with E-state index in [2.05, 4.69) is 10.6 Å². The molecule has 2 amide bonds. The summed E-state index contributed by atoms with van der Waals surface area (Å²) in [6.45, 7) is 0.104. The highest BCUT2D eigenvalue weighted by Crippen LogP contribution is 2.33. The van der Waals surface area contributed by atoms with Gasteiger partial charge in [-0.25, -0.2) is 4.79 Å². The summed E-state index contributed by atoms with van der Waals surface area (Å²) in [5.41, 5.74) is 1.24. The van der Waals surface area contributed by atoms with Gasteiger partial charge in [-0.2, -0.15) is 0 Å². The lowest BCUT2D eigenvalue weighted by Gasteiger charge is -2.13. The van der Waals surface area contributed by atoms with Gasteiger partial charge in [-0.1, -0.05) is 18.2 Å². The lowest BCUT2D eigenvalue weighted by molar-refractivity contribution is -0.113. The van der Waals surface area contributed by atoms with Gasteiger partial charge in [0.1, 0.15) is 11.4 Å². The smallest absolute Gasteiger partial charge is 0.335 e. The fourth-order valence-electron chi connectivity index (χ4n) is 3.24. The van der Waals surface area contributed by atoms with E-state index in [0.717, 1.165) is 0 Å². The first-order valence-electron chi connectivity index (χ1n) is 10.1. The van der Waals surface area contributed by atoms with Gasteiger partial charge >= 0.3 is 5.97 Å². The third kappa shape index (κ3) is 4.99.